The van der Waals surface area contributed by atoms with Crippen LogP contribution in [0.4, 0.5) is 0 Å². The maximum absolute atomic E-state index is 12.0. The van der Waals surface area contributed by atoms with Gasteiger partial charge in [-0.15, -0.1) is 0 Å². The molecule has 3 N–H and O–H groups in total. The van der Waals surface area contributed by atoms with E-state index in [0.29, 0.717) is 0 Å². The number of phenols is 2. The zero-order valence-corrected chi connectivity index (χ0v) is 10.3. The number of carbonyl (C=O) groups is 2. The third-order valence-corrected chi connectivity index (χ3v) is 2.89. The molecule has 0 saturated carbocycles. The Morgan fingerprint density at radius 3 is 2.17 bits per heavy atom. The smallest absolute Gasteiger partial charge is 0.329 e. The molecule has 0 aromatic heterocycles. The lowest BCUT2D eigenvalue weighted by Crippen LogP contribution is -2.50. The predicted molar refractivity (Wildman–Crippen MR) is 63.6 cm³/mol. The summed E-state index contributed by atoms with van der Waals surface area (Å²) in [6, 6.07) is 3.57. The second-order valence-corrected chi connectivity index (χ2v) is 4.43. The van der Waals surface area contributed by atoms with Crippen LogP contribution in [0, 0.1) is 0 Å². The van der Waals surface area contributed by atoms with Gasteiger partial charge in [-0.1, -0.05) is 0 Å². The van der Waals surface area contributed by atoms with Gasteiger partial charge in [-0.25, -0.2) is 4.79 Å². The lowest BCUT2D eigenvalue weighted by Gasteiger charge is -2.31. The first-order chi connectivity index (χ1) is 8.17. The second-order valence-electron chi connectivity index (χ2n) is 4.43. The van der Waals surface area contributed by atoms with Gasteiger partial charge in [0.05, 0.1) is 0 Å². The van der Waals surface area contributed by atoms with Gasteiger partial charge in [-0.3, -0.25) is 4.79 Å². The fourth-order valence-corrected chi connectivity index (χ4v) is 1.25. The molecular weight excluding hydrogens is 238 g/mol. The number of aliphatic carboxylic acids is 1. The number of hydrogen-bond donors (Lipinski definition) is 3. The maximum Gasteiger partial charge on any atom is 0.329 e. The number of carbonyl (C=O) groups excluding carboxylic acids is 1. The summed E-state index contributed by atoms with van der Waals surface area (Å²) in [5.74, 6) is -2.46. The number of nitrogens with zero attached hydrogens (tertiary/aromatic N) is 1. The Kier molecular flexibility index (Phi) is 3.50. The van der Waals surface area contributed by atoms with Crippen LogP contribution in [0.15, 0.2) is 18.2 Å². The number of amides is 1. The number of phenolic OH excluding ortho intramolecular Hbond substituents is 2. The molecule has 1 rings (SSSR count). The van der Waals surface area contributed by atoms with Gasteiger partial charge in [-0.05, 0) is 32.0 Å². The number of carboxylic acid groups (broad SMARTS) is 1. The standard InChI is InChI=1S/C12H15NO5/c1-12(2,11(17)18)13(3)10(16)7-4-5-8(14)9(15)6-7/h4-6,14-15H,1-3H3,(H,17,18). The van der Waals surface area contributed by atoms with E-state index in [9.17, 15) is 14.7 Å². The Hall–Kier alpha value is -2.24. The first-order valence-electron chi connectivity index (χ1n) is 5.21. The summed E-state index contributed by atoms with van der Waals surface area (Å²) in [6.07, 6.45) is 0. The molecule has 0 radical (unpaired) electrons. The quantitative estimate of drug-likeness (QED) is 0.699. The molecule has 0 bridgehead atoms. The molecule has 6 heteroatoms. The van der Waals surface area contributed by atoms with Gasteiger partial charge >= 0.3 is 5.97 Å². The lowest BCUT2D eigenvalue weighted by molar-refractivity contribution is -0.147. The highest BCUT2D eigenvalue weighted by molar-refractivity contribution is 5.97. The summed E-state index contributed by atoms with van der Waals surface area (Å²) >= 11 is 0. The molecule has 1 amide bonds. The number of aromatic hydroxyl groups is 2. The van der Waals surface area contributed by atoms with Gasteiger partial charge in [0, 0.05) is 12.6 Å². The summed E-state index contributed by atoms with van der Waals surface area (Å²) in [6.45, 7) is 2.79. The van der Waals surface area contributed by atoms with Crippen molar-refractivity contribution in [2.24, 2.45) is 0 Å². The third kappa shape index (κ3) is 2.37. The molecule has 0 heterocycles. The summed E-state index contributed by atoms with van der Waals surface area (Å²) < 4.78 is 0. The van der Waals surface area contributed by atoms with Gasteiger partial charge in [-0.2, -0.15) is 0 Å². The number of hydrogen-bond acceptors (Lipinski definition) is 4. The molecule has 0 aliphatic rings. The summed E-state index contributed by atoms with van der Waals surface area (Å²) in [7, 11) is 1.36. The van der Waals surface area contributed by atoms with Crippen LogP contribution < -0.4 is 0 Å². The average molecular weight is 253 g/mol. The van der Waals surface area contributed by atoms with Crippen molar-refractivity contribution in [3.05, 3.63) is 23.8 Å². The number of likely N-dealkylation sites (N-methyl/N-ethyl adjacent to an activating group) is 1. The van der Waals surface area contributed by atoms with Gasteiger partial charge in [0.15, 0.2) is 11.5 Å². The van der Waals surface area contributed by atoms with Crippen LogP contribution >= 0.6 is 0 Å². The Morgan fingerprint density at radius 1 is 1.17 bits per heavy atom. The molecule has 0 unspecified atom stereocenters. The highest BCUT2D eigenvalue weighted by atomic mass is 16.4. The number of rotatable bonds is 3. The van der Waals surface area contributed by atoms with Gasteiger partial charge in [0.25, 0.3) is 5.91 Å². The van der Waals surface area contributed by atoms with Gasteiger partial charge in [0.1, 0.15) is 5.54 Å². The molecule has 0 saturated heterocycles. The molecule has 6 nitrogen and oxygen atoms in total. The highest BCUT2D eigenvalue weighted by Crippen LogP contribution is 2.26. The fraction of sp³-hybridized carbons (Fsp3) is 0.333. The highest BCUT2D eigenvalue weighted by Gasteiger charge is 2.35. The molecule has 98 valence electrons. The third-order valence-electron chi connectivity index (χ3n) is 2.89. The van der Waals surface area contributed by atoms with Crippen molar-refractivity contribution in [1.82, 2.24) is 4.90 Å². The van der Waals surface area contributed by atoms with E-state index in [0.717, 1.165) is 11.0 Å². The topological polar surface area (TPSA) is 98.1 Å². The molecule has 0 atom stereocenters. The van der Waals surface area contributed by atoms with Gasteiger partial charge in [0.2, 0.25) is 0 Å². The van der Waals surface area contributed by atoms with Crippen LogP contribution in [0.3, 0.4) is 0 Å². The molecule has 0 fully saturated rings. The molecule has 0 spiro atoms. The SMILES string of the molecule is CN(C(=O)c1ccc(O)c(O)c1)C(C)(C)C(=O)O. The van der Waals surface area contributed by atoms with E-state index >= 15 is 0 Å². The minimum Gasteiger partial charge on any atom is -0.504 e. The van der Waals surface area contributed by atoms with Gasteiger partial charge < -0.3 is 20.2 Å². The Balaban J connectivity index is 3.07. The normalized spacial score (nSPS) is 11.1. The van der Waals surface area contributed by atoms with Crippen molar-refractivity contribution >= 4 is 11.9 Å². The van der Waals surface area contributed by atoms with Crippen LogP contribution in [0.25, 0.3) is 0 Å². The van der Waals surface area contributed by atoms with E-state index in [1.165, 1.54) is 33.0 Å². The largest absolute Gasteiger partial charge is 0.504 e. The second kappa shape index (κ2) is 4.56. The van der Waals surface area contributed by atoms with Crippen molar-refractivity contribution in [1.29, 1.82) is 0 Å². The van der Waals surface area contributed by atoms with Crippen molar-refractivity contribution in [2.45, 2.75) is 19.4 Å². The minimum atomic E-state index is -1.37. The molecule has 0 aliphatic carbocycles. The van der Waals surface area contributed by atoms with Crippen LogP contribution in [0.2, 0.25) is 0 Å². The molecular formula is C12H15NO5. The molecule has 18 heavy (non-hydrogen) atoms. The summed E-state index contributed by atoms with van der Waals surface area (Å²) in [5.41, 5.74) is -1.27. The molecule has 1 aromatic rings. The van der Waals surface area contributed by atoms with E-state index in [-0.39, 0.29) is 11.3 Å². The van der Waals surface area contributed by atoms with E-state index in [2.05, 4.69) is 0 Å². The summed E-state index contributed by atoms with van der Waals surface area (Å²) in [5, 5.41) is 27.5. The predicted octanol–water partition coefficient (Wildman–Crippen LogP) is 1.03. The first-order valence-corrected chi connectivity index (χ1v) is 5.21. The van der Waals surface area contributed by atoms with Crippen molar-refractivity contribution in [3.8, 4) is 11.5 Å². The Morgan fingerprint density at radius 2 is 1.72 bits per heavy atom. The van der Waals surface area contributed by atoms with Crippen molar-refractivity contribution < 1.29 is 24.9 Å². The summed E-state index contributed by atoms with van der Waals surface area (Å²) in [4.78, 5) is 24.1. The first kappa shape index (κ1) is 13.8. The van der Waals surface area contributed by atoms with Crippen molar-refractivity contribution in [3.63, 3.8) is 0 Å². The van der Waals surface area contributed by atoms with E-state index in [1.807, 2.05) is 0 Å². The van der Waals surface area contributed by atoms with E-state index in [4.69, 9.17) is 10.2 Å². The minimum absolute atomic E-state index is 0.0992. The van der Waals surface area contributed by atoms with Crippen LogP contribution in [-0.4, -0.2) is 44.7 Å². The van der Waals surface area contributed by atoms with Crippen molar-refractivity contribution in [2.75, 3.05) is 7.05 Å². The van der Waals surface area contributed by atoms with E-state index < -0.39 is 23.2 Å². The van der Waals surface area contributed by atoms with Crippen LogP contribution in [0.1, 0.15) is 24.2 Å². The molecule has 0 aliphatic heterocycles. The zero-order chi connectivity index (χ0) is 14.1. The number of carboxylic acids is 1. The molecule has 1 aromatic carbocycles. The fourth-order valence-electron chi connectivity index (χ4n) is 1.25. The van der Waals surface area contributed by atoms with Crippen LogP contribution in [0.5, 0.6) is 11.5 Å². The van der Waals surface area contributed by atoms with Crippen LogP contribution in [-0.2, 0) is 4.79 Å². The lowest BCUT2D eigenvalue weighted by atomic mass is 10.0. The maximum atomic E-state index is 12.0. The Bertz CT molecular complexity index is 495. The monoisotopic (exact) mass is 253 g/mol. The Labute approximate surface area is 104 Å². The number of benzene rings is 1. The zero-order valence-electron chi connectivity index (χ0n) is 10.3. The average Bonchev–Trinajstić information content (AvgIpc) is 2.30. The van der Waals surface area contributed by atoms with E-state index in [1.54, 1.807) is 0 Å².